The van der Waals surface area contributed by atoms with Crippen LogP contribution in [0.25, 0.3) is 32.7 Å². The number of sulfonamides is 1. The molecule has 6 aliphatic heterocycles. The van der Waals surface area contributed by atoms with E-state index in [2.05, 4.69) is 82.2 Å². The Bertz CT molecular complexity index is 4760. The molecule has 530 valence electrons. The maximum absolute atomic E-state index is 12.0. The molecule has 1 saturated carbocycles. The molecule has 101 heavy (non-hydrogen) atoms. The van der Waals surface area contributed by atoms with E-state index in [0.717, 1.165) is 185 Å². The van der Waals surface area contributed by atoms with Gasteiger partial charge in [-0.2, -0.15) is 24.9 Å². The van der Waals surface area contributed by atoms with Crippen LogP contribution < -0.4 is 36.0 Å². The van der Waals surface area contributed by atoms with Crippen molar-refractivity contribution in [1.82, 2.24) is 49.7 Å². The lowest BCUT2D eigenvalue weighted by Crippen LogP contribution is -2.61. The number of hydrogen-bond donors (Lipinski definition) is 6. The number of benzene rings is 5. The SMILES string of the molecule is CC(=O)N1CCN(c2cc(C#N)cc3[nH]ncc23)CC1.CC(=O)N1CCN(c2cc(Cl)cc3c2CN=C3N)CC1.CC1(C)CN(c2cc(Cl)cc3c2CN=C3N)CCN1S(C)(=O)=O.Clc1cc(N2CCN(c3ccccn3)CC2)c2cn[nH]c2c1.OC1(c2cc(Cl)cc3[nH]ncc23)CCCC1. The third-order valence-electron chi connectivity index (χ3n) is 19.7. The minimum absolute atomic E-state index is 0.115. The summed E-state index contributed by atoms with van der Waals surface area (Å²) in [5.41, 5.74) is 23.2. The molecule has 5 aromatic carbocycles. The highest BCUT2D eigenvalue weighted by atomic mass is 35.5. The molecule has 0 bridgehead atoms. The summed E-state index contributed by atoms with van der Waals surface area (Å²) in [6.07, 6.45) is 12.3. The number of nitriles is 1. The minimum Gasteiger partial charge on any atom is -0.385 e. The Morgan fingerprint density at radius 1 is 0.564 bits per heavy atom. The smallest absolute Gasteiger partial charge is 0.219 e. The Morgan fingerprint density at radius 2 is 1.00 bits per heavy atom. The number of halogens is 4. The standard InChI is InChI=1S/C16H16ClN5.C15H21ClN4O2S.C14H17ClN4O.C14H15N5O.C12H13ClN2O/c17-12-9-14-13(11-19-20-14)15(10-12)21-5-7-22(8-6-21)16-3-1-2-4-18-16;1-15(2)9-19(4-5-20(15)23(3,21)22)13-7-10(16)6-11-12(13)8-18-14(11)17;1-9(20)18-2-4-19(5-3-18)13-7-10(15)6-11-12(13)8-17-14(11)16;1-10(20)18-2-4-19(5-3-18)14-7-11(8-15)6-13-12(14)9-16-17-13;13-8-5-10(12(16)3-1-2-4-12)9-7-14-15-11(9)6-8/h1-4,9-11H,5-8H2,(H,19,20);6-7H,4-5,8-9H2,1-3H3,(H2,17,18);6-7H,2-5,8H2,1H3,(H2,16,17);6-7,9H,2-5H2,1H3,(H,16,17);5-7,16H,1-4H2,(H,14,15). The van der Waals surface area contributed by atoms with Gasteiger partial charge in [0.2, 0.25) is 21.8 Å². The van der Waals surface area contributed by atoms with Crippen molar-refractivity contribution in [2.45, 2.75) is 77.6 Å². The van der Waals surface area contributed by atoms with Gasteiger partial charge < -0.3 is 50.9 Å². The largest absolute Gasteiger partial charge is 0.385 e. The van der Waals surface area contributed by atoms with E-state index >= 15 is 0 Å². The van der Waals surface area contributed by atoms with E-state index in [0.29, 0.717) is 78.1 Å². The van der Waals surface area contributed by atoms with E-state index in [4.69, 9.17) is 63.1 Å². The number of nitrogens with zero attached hydrogens (tertiary/aromatic N) is 15. The van der Waals surface area contributed by atoms with Gasteiger partial charge in [0.15, 0.2) is 0 Å². The third kappa shape index (κ3) is 16.1. The van der Waals surface area contributed by atoms with Crippen molar-refractivity contribution in [3.8, 4) is 6.07 Å². The molecule has 0 radical (unpaired) electrons. The molecule has 8 N–H and O–H groups in total. The van der Waals surface area contributed by atoms with Crippen LogP contribution >= 0.6 is 46.4 Å². The second-order valence-electron chi connectivity index (χ2n) is 26.7. The third-order valence-corrected chi connectivity index (χ3v) is 22.0. The Kier molecular flexibility index (Phi) is 21.6. The number of H-pyrrole nitrogens is 3. The summed E-state index contributed by atoms with van der Waals surface area (Å²) >= 11 is 24.7. The summed E-state index contributed by atoms with van der Waals surface area (Å²) < 4.78 is 25.5. The molecular weight excluding hydrogens is 1390 g/mol. The molecule has 5 fully saturated rings. The molecule has 9 aromatic rings. The summed E-state index contributed by atoms with van der Waals surface area (Å²) in [6.45, 7) is 19.8. The first-order valence-electron chi connectivity index (χ1n) is 33.6. The van der Waals surface area contributed by atoms with Crippen LogP contribution in [0, 0.1) is 11.3 Å². The first kappa shape index (κ1) is 71.9. The van der Waals surface area contributed by atoms with Crippen LogP contribution in [0.2, 0.25) is 20.1 Å². The van der Waals surface area contributed by atoms with Gasteiger partial charge in [0.05, 0.1) is 71.7 Å². The van der Waals surface area contributed by atoms with E-state index < -0.39 is 21.2 Å². The van der Waals surface area contributed by atoms with Crippen molar-refractivity contribution in [1.29, 1.82) is 5.26 Å². The Hall–Kier alpha value is -8.94. The van der Waals surface area contributed by atoms with Crippen molar-refractivity contribution in [2.75, 3.05) is 129 Å². The number of carbonyl (C=O) groups excluding carboxylic acids is 2. The highest BCUT2D eigenvalue weighted by Gasteiger charge is 2.41. The monoisotopic (exact) mass is 1470 g/mol. The number of piperazine rings is 4. The van der Waals surface area contributed by atoms with Crippen LogP contribution in [0.4, 0.5) is 28.6 Å². The lowest BCUT2D eigenvalue weighted by molar-refractivity contribution is -0.129. The van der Waals surface area contributed by atoms with Crippen LogP contribution in [-0.2, 0) is 38.3 Å². The van der Waals surface area contributed by atoms with E-state index in [1.54, 1.807) is 36.6 Å². The normalized spacial score (nSPS) is 17.9. The topological polar surface area (TPSA) is 314 Å². The number of pyridine rings is 1. The predicted molar refractivity (Wildman–Crippen MR) is 403 cm³/mol. The molecule has 25 nitrogen and oxygen atoms in total. The summed E-state index contributed by atoms with van der Waals surface area (Å²) in [5, 5.41) is 46.5. The maximum Gasteiger partial charge on any atom is 0.219 e. The number of amidine groups is 2. The van der Waals surface area contributed by atoms with E-state index in [1.165, 1.54) is 6.26 Å². The summed E-state index contributed by atoms with van der Waals surface area (Å²) in [5.74, 6) is 2.36. The van der Waals surface area contributed by atoms with Gasteiger partial charge in [0.25, 0.3) is 0 Å². The van der Waals surface area contributed by atoms with Crippen LogP contribution in [0.3, 0.4) is 0 Å². The number of rotatable bonds is 7. The zero-order chi connectivity index (χ0) is 71.5. The first-order chi connectivity index (χ1) is 48.3. The Morgan fingerprint density at radius 3 is 1.50 bits per heavy atom. The van der Waals surface area contributed by atoms with Crippen molar-refractivity contribution in [2.24, 2.45) is 21.5 Å². The quantitative estimate of drug-likeness (QED) is 0.0864. The number of carbonyl (C=O) groups is 2. The van der Waals surface area contributed by atoms with Crippen molar-refractivity contribution >= 4 is 141 Å². The Labute approximate surface area is 606 Å². The molecule has 0 spiro atoms. The highest BCUT2D eigenvalue weighted by molar-refractivity contribution is 7.88. The molecule has 7 aliphatic rings. The lowest BCUT2D eigenvalue weighted by atomic mass is 9.90. The molecule has 30 heteroatoms. The molecule has 4 saturated heterocycles. The number of nitrogens with two attached hydrogens (primary N) is 2. The molecule has 16 rings (SSSR count). The molecular formula is C71H82Cl4N20O5S. The number of aliphatic imine (C=N–C) groups is 2. The number of aromatic amines is 3. The van der Waals surface area contributed by atoms with Gasteiger partial charge in [0, 0.05) is 205 Å². The first-order valence-corrected chi connectivity index (χ1v) is 37.0. The molecule has 1 aliphatic carbocycles. The maximum atomic E-state index is 12.0. The second kappa shape index (κ2) is 30.3. The highest BCUT2D eigenvalue weighted by Crippen LogP contribution is 2.43. The number of fused-ring (bicyclic) bond motifs is 5. The average molecular weight is 1470 g/mol. The fourth-order valence-corrected chi connectivity index (χ4v) is 16.8. The van der Waals surface area contributed by atoms with Gasteiger partial charge in [-0.3, -0.25) is 34.9 Å². The Balaban J connectivity index is 0.000000120. The van der Waals surface area contributed by atoms with Gasteiger partial charge >= 0.3 is 0 Å². The van der Waals surface area contributed by atoms with Gasteiger partial charge in [-0.1, -0.05) is 65.3 Å². The van der Waals surface area contributed by atoms with Crippen LogP contribution in [0.1, 0.15) is 86.8 Å². The van der Waals surface area contributed by atoms with E-state index in [-0.39, 0.29) is 11.8 Å². The van der Waals surface area contributed by atoms with Crippen molar-refractivity contribution in [3.63, 3.8) is 0 Å². The van der Waals surface area contributed by atoms with Crippen molar-refractivity contribution < 1.29 is 23.1 Å². The minimum atomic E-state index is -3.23. The fraction of sp³-hybridized carbons (Fsp3) is 0.394. The number of nitrogens with one attached hydrogen (secondary N) is 3. The molecule has 2 amide bonds. The zero-order valence-electron chi connectivity index (χ0n) is 57.0. The van der Waals surface area contributed by atoms with Gasteiger partial charge in [-0.15, -0.1) is 0 Å². The van der Waals surface area contributed by atoms with Crippen LogP contribution in [0.5, 0.6) is 0 Å². The van der Waals surface area contributed by atoms with E-state index in [9.17, 15) is 23.1 Å². The van der Waals surface area contributed by atoms with E-state index in [1.807, 2.05) is 103 Å². The lowest BCUT2D eigenvalue weighted by Gasteiger charge is -2.46. The molecule has 0 unspecified atom stereocenters. The number of aliphatic hydroxyl groups is 1. The summed E-state index contributed by atoms with van der Waals surface area (Å²) in [4.78, 5) is 50.8. The molecule has 4 aromatic heterocycles. The fourth-order valence-electron chi connectivity index (χ4n) is 14.5. The molecule has 10 heterocycles. The van der Waals surface area contributed by atoms with Gasteiger partial charge in [0.1, 0.15) is 17.5 Å². The second-order valence-corrected chi connectivity index (χ2v) is 30.4. The summed E-state index contributed by atoms with van der Waals surface area (Å²) in [7, 11) is -3.23. The van der Waals surface area contributed by atoms with Gasteiger partial charge in [-0.05, 0) is 105 Å². The zero-order valence-corrected chi connectivity index (χ0v) is 60.9. The number of amides is 2. The number of aromatic nitrogens is 7. The molecule has 0 atom stereocenters. The van der Waals surface area contributed by atoms with Crippen LogP contribution in [-0.4, -0.2) is 197 Å². The number of hydrogen-bond acceptors (Lipinski definition) is 19. The summed E-state index contributed by atoms with van der Waals surface area (Å²) in [6, 6.07) is 27.1. The van der Waals surface area contributed by atoms with Crippen LogP contribution in [0.15, 0.2) is 114 Å². The predicted octanol–water partition coefficient (Wildman–Crippen LogP) is 9.67. The number of anilines is 5. The van der Waals surface area contributed by atoms with Crippen molar-refractivity contribution in [3.05, 3.63) is 157 Å². The average Bonchev–Trinajstić information content (AvgIpc) is 1.75. The van der Waals surface area contributed by atoms with Gasteiger partial charge in [-0.25, -0.2) is 13.4 Å².